The highest BCUT2D eigenvalue weighted by Gasteiger charge is 2.47. The Balaban J connectivity index is 1.78. The van der Waals surface area contributed by atoms with E-state index >= 15 is 0 Å². The lowest BCUT2D eigenvalue weighted by molar-refractivity contribution is -0.0730. The van der Waals surface area contributed by atoms with Crippen LogP contribution in [0.5, 0.6) is 0 Å². The van der Waals surface area contributed by atoms with Gasteiger partial charge in [0.15, 0.2) is 9.84 Å². The zero-order chi connectivity index (χ0) is 12.0. The van der Waals surface area contributed by atoms with Gasteiger partial charge in [-0.15, -0.1) is 0 Å². The van der Waals surface area contributed by atoms with Gasteiger partial charge < -0.3 is 10.4 Å². The molecule has 2 N–H and O–H groups in total. The van der Waals surface area contributed by atoms with Crippen molar-refractivity contribution in [3.63, 3.8) is 0 Å². The first-order valence-corrected chi connectivity index (χ1v) is 7.75. The molecule has 0 spiro atoms. The van der Waals surface area contributed by atoms with Gasteiger partial charge in [-0.05, 0) is 25.3 Å². The van der Waals surface area contributed by atoms with Crippen LogP contribution in [0.25, 0.3) is 0 Å². The molecule has 0 aromatic heterocycles. The normalized spacial score (nSPS) is 40.6. The second-order valence-electron chi connectivity index (χ2n) is 5.80. The van der Waals surface area contributed by atoms with Gasteiger partial charge in [-0.1, -0.05) is 13.8 Å². The molecule has 3 atom stereocenters. The number of rotatable bonds is 3. The molecule has 0 amide bonds. The number of hydrogen-bond acceptors (Lipinski definition) is 4. The van der Waals surface area contributed by atoms with Crippen molar-refractivity contribution in [3.05, 3.63) is 0 Å². The van der Waals surface area contributed by atoms with Gasteiger partial charge in [0.1, 0.15) is 0 Å². The third-order valence-electron chi connectivity index (χ3n) is 4.20. The van der Waals surface area contributed by atoms with Crippen LogP contribution in [0.2, 0.25) is 0 Å². The maximum Gasteiger partial charge on any atom is 0.150 e. The molecule has 1 saturated heterocycles. The predicted octanol–water partition coefficient (Wildman–Crippen LogP) is 0.170. The molecule has 1 aliphatic carbocycles. The topological polar surface area (TPSA) is 66.4 Å². The van der Waals surface area contributed by atoms with E-state index in [0.717, 1.165) is 19.4 Å². The molecule has 1 saturated carbocycles. The third-order valence-corrected chi connectivity index (χ3v) is 6.03. The first-order chi connectivity index (χ1) is 7.31. The highest BCUT2D eigenvalue weighted by molar-refractivity contribution is 7.91. The number of aliphatic hydroxyl groups is 1. The summed E-state index contributed by atoms with van der Waals surface area (Å²) in [4.78, 5) is 0. The summed E-state index contributed by atoms with van der Waals surface area (Å²) < 4.78 is 22.6. The fourth-order valence-electron chi connectivity index (χ4n) is 2.59. The van der Waals surface area contributed by atoms with E-state index in [4.69, 9.17) is 0 Å². The van der Waals surface area contributed by atoms with Crippen molar-refractivity contribution < 1.29 is 13.5 Å². The summed E-state index contributed by atoms with van der Waals surface area (Å²) in [5.41, 5.74) is -0.0719. The largest absolute Gasteiger partial charge is 0.392 e. The zero-order valence-electron chi connectivity index (χ0n) is 9.94. The maximum atomic E-state index is 11.3. The van der Waals surface area contributed by atoms with Crippen LogP contribution in [0.3, 0.4) is 0 Å². The van der Waals surface area contributed by atoms with E-state index in [2.05, 4.69) is 5.32 Å². The average Bonchev–Trinajstić information content (AvgIpc) is 2.52. The van der Waals surface area contributed by atoms with Crippen LogP contribution in [-0.2, 0) is 9.84 Å². The van der Waals surface area contributed by atoms with E-state index in [9.17, 15) is 13.5 Å². The number of nitrogens with one attached hydrogen (secondary N) is 1. The molecule has 0 aromatic rings. The smallest absolute Gasteiger partial charge is 0.150 e. The molecule has 1 heterocycles. The Morgan fingerprint density at radius 1 is 1.44 bits per heavy atom. The zero-order valence-corrected chi connectivity index (χ0v) is 10.8. The van der Waals surface area contributed by atoms with Crippen LogP contribution in [0.15, 0.2) is 0 Å². The van der Waals surface area contributed by atoms with Crippen LogP contribution in [0.1, 0.15) is 26.7 Å². The van der Waals surface area contributed by atoms with E-state index in [1.807, 2.05) is 13.8 Å². The van der Waals surface area contributed by atoms with E-state index in [1.165, 1.54) is 0 Å². The lowest BCUT2D eigenvalue weighted by Gasteiger charge is -2.50. The minimum atomic E-state index is -2.76. The van der Waals surface area contributed by atoms with Gasteiger partial charge in [-0.2, -0.15) is 0 Å². The van der Waals surface area contributed by atoms with E-state index in [-0.39, 0.29) is 17.4 Å². The predicted molar refractivity (Wildman–Crippen MR) is 63.0 cm³/mol. The summed E-state index contributed by atoms with van der Waals surface area (Å²) >= 11 is 0. The maximum absolute atomic E-state index is 11.3. The molecule has 5 heteroatoms. The number of aliphatic hydroxyl groups excluding tert-OH is 1. The van der Waals surface area contributed by atoms with Crippen molar-refractivity contribution in [2.75, 3.05) is 18.1 Å². The molecule has 16 heavy (non-hydrogen) atoms. The van der Waals surface area contributed by atoms with Crippen molar-refractivity contribution in [1.29, 1.82) is 0 Å². The Hall–Kier alpha value is -0.130. The molecule has 2 rings (SSSR count). The van der Waals surface area contributed by atoms with E-state index in [0.29, 0.717) is 17.5 Å². The lowest BCUT2D eigenvalue weighted by Crippen LogP contribution is -2.60. The molecular formula is C11H21NO3S. The summed E-state index contributed by atoms with van der Waals surface area (Å²) in [7, 11) is -2.76. The molecule has 2 fully saturated rings. The quantitative estimate of drug-likeness (QED) is 0.746. The van der Waals surface area contributed by atoms with Crippen LogP contribution in [0.4, 0.5) is 0 Å². The van der Waals surface area contributed by atoms with Crippen LogP contribution >= 0.6 is 0 Å². The van der Waals surface area contributed by atoms with Crippen molar-refractivity contribution in [2.45, 2.75) is 38.8 Å². The highest BCUT2D eigenvalue weighted by Crippen LogP contribution is 2.40. The van der Waals surface area contributed by atoms with E-state index < -0.39 is 9.84 Å². The second-order valence-corrected chi connectivity index (χ2v) is 8.03. The van der Waals surface area contributed by atoms with Gasteiger partial charge in [0, 0.05) is 11.5 Å². The van der Waals surface area contributed by atoms with Crippen molar-refractivity contribution in [2.24, 2.45) is 11.3 Å². The summed E-state index contributed by atoms with van der Waals surface area (Å²) in [5, 5.41) is 13.0. The van der Waals surface area contributed by atoms with Gasteiger partial charge in [0.2, 0.25) is 0 Å². The van der Waals surface area contributed by atoms with Gasteiger partial charge in [0.05, 0.1) is 17.6 Å². The Kier molecular flexibility index (Phi) is 3.05. The summed E-state index contributed by atoms with van der Waals surface area (Å²) in [6, 6.07) is 0.325. The third kappa shape index (κ3) is 2.26. The minimum absolute atomic E-state index is 0.0719. The number of hydrogen-bond donors (Lipinski definition) is 2. The van der Waals surface area contributed by atoms with Crippen LogP contribution < -0.4 is 5.32 Å². The Bertz CT molecular complexity index is 363. The van der Waals surface area contributed by atoms with Crippen molar-refractivity contribution in [1.82, 2.24) is 5.32 Å². The van der Waals surface area contributed by atoms with Gasteiger partial charge in [0.25, 0.3) is 0 Å². The molecule has 1 aliphatic heterocycles. The fourth-order valence-corrected chi connectivity index (χ4v) is 4.45. The monoisotopic (exact) mass is 247 g/mol. The first-order valence-electron chi connectivity index (χ1n) is 5.93. The molecule has 3 unspecified atom stereocenters. The van der Waals surface area contributed by atoms with Gasteiger partial charge >= 0.3 is 0 Å². The van der Waals surface area contributed by atoms with Gasteiger partial charge in [-0.25, -0.2) is 8.42 Å². The Labute approximate surface area is 97.3 Å². The van der Waals surface area contributed by atoms with E-state index in [1.54, 1.807) is 0 Å². The Morgan fingerprint density at radius 2 is 2.12 bits per heavy atom. The standard InChI is InChI=1S/C11H21NO3S/c1-11(2)9(5-10(11)13)12-6-8-3-4-16(14,15)7-8/h8-10,12-13H,3-7H2,1-2H3. The average molecular weight is 247 g/mol. The fraction of sp³-hybridized carbons (Fsp3) is 1.00. The SMILES string of the molecule is CC1(C)C(O)CC1NCC1CCS(=O)(=O)C1. The first kappa shape index (κ1) is 12.3. The number of sulfone groups is 1. The minimum Gasteiger partial charge on any atom is -0.392 e. The molecule has 2 aliphatic rings. The summed E-state index contributed by atoms with van der Waals surface area (Å²) in [5.74, 6) is 0.935. The lowest BCUT2D eigenvalue weighted by atomic mass is 9.64. The molecule has 0 aromatic carbocycles. The molecule has 0 radical (unpaired) electrons. The molecular weight excluding hydrogens is 226 g/mol. The summed E-state index contributed by atoms with van der Waals surface area (Å²) in [6.45, 7) is 4.86. The molecule has 94 valence electrons. The second kappa shape index (κ2) is 3.96. The van der Waals surface area contributed by atoms with Crippen LogP contribution in [-0.4, -0.2) is 43.7 Å². The van der Waals surface area contributed by atoms with Crippen molar-refractivity contribution in [3.8, 4) is 0 Å². The Morgan fingerprint density at radius 3 is 2.56 bits per heavy atom. The molecule has 4 nitrogen and oxygen atoms in total. The molecule has 0 bridgehead atoms. The summed E-state index contributed by atoms with van der Waals surface area (Å²) in [6.07, 6.45) is 1.34. The van der Waals surface area contributed by atoms with Crippen LogP contribution in [0, 0.1) is 11.3 Å². The highest BCUT2D eigenvalue weighted by atomic mass is 32.2. The van der Waals surface area contributed by atoms with Crippen molar-refractivity contribution >= 4 is 9.84 Å². The van der Waals surface area contributed by atoms with Gasteiger partial charge in [-0.3, -0.25) is 0 Å².